The number of anilines is 1. The van der Waals surface area contributed by atoms with Crippen LogP contribution in [-0.2, 0) is 0 Å². The standard InChI is InChI=1S/C12H19N3O2/c1-9(2)15-12(16)14-6-7-17-11-5-3-4-10(13)8-11/h3-5,8-9H,6-7,13H2,1-2H3,(H2,14,15,16). The summed E-state index contributed by atoms with van der Waals surface area (Å²) in [5.41, 5.74) is 6.27. The van der Waals surface area contributed by atoms with Crippen LogP contribution >= 0.6 is 0 Å². The SMILES string of the molecule is CC(C)NC(=O)NCCOc1cccc(N)c1. The highest BCUT2D eigenvalue weighted by Gasteiger charge is 2.01. The van der Waals surface area contributed by atoms with Crippen LogP contribution in [0, 0.1) is 0 Å². The summed E-state index contributed by atoms with van der Waals surface area (Å²) in [5.74, 6) is 0.705. The number of urea groups is 1. The molecule has 0 saturated carbocycles. The quantitative estimate of drug-likeness (QED) is 0.534. The molecule has 0 aliphatic heterocycles. The summed E-state index contributed by atoms with van der Waals surface area (Å²) >= 11 is 0. The molecule has 5 nitrogen and oxygen atoms in total. The Kier molecular flexibility index (Phi) is 5.13. The molecule has 0 unspecified atom stereocenters. The van der Waals surface area contributed by atoms with Gasteiger partial charge in [-0.2, -0.15) is 0 Å². The fourth-order valence-corrected chi connectivity index (χ4v) is 1.25. The van der Waals surface area contributed by atoms with Gasteiger partial charge in [-0.25, -0.2) is 4.79 Å². The predicted octanol–water partition coefficient (Wildman–Crippen LogP) is 1.36. The third-order valence-electron chi connectivity index (χ3n) is 1.93. The van der Waals surface area contributed by atoms with Crippen molar-refractivity contribution in [3.05, 3.63) is 24.3 Å². The third kappa shape index (κ3) is 5.65. The van der Waals surface area contributed by atoms with Gasteiger partial charge in [0.1, 0.15) is 12.4 Å². The van der Waals surface area contributed by atoms with Gasteiger partial charge in [0.05, 0.1) is 6.54 Å². The Morgan fingerprint density at radius 1 is 1.47 bits per heavy atom. The molecule has 5 heteroatoms. The van der Waals surface area contributed by atoms with E-state index in [4.69, 9.17) is 10.5 Å². The molecule has 0 aliphatic rings. The number of hydrogen-bond acceptors (Lipinski definition) is 3. The first-order valence-electron chi connectivity index (χ1n) is 5.60. The van der Waals surface area contributed by atoms with Gasteiger partial charge in [-0.1, -0.05) is 6.07 Å². The molecule has 0 radical (unpaired) electrons. The van der Waals surface area contributed by atoms with Crippen molar-refractivity contribution in [2.24, 2.45) is 0 Å². The summed E-state index contributed by atoms with van der Waals surface area (Å²) in [5, 5.41) is 5.42. The zero-order valence-corrected chi connectivity index (χ0v) is 10.2. The van der Waals surface area contributed by atoms with Crippen LogP contribution in [0.2, 0.25) is 0 Å². The highest BCUT2D eigenvalue weighted by atomic mass is 16.5. The van der Waals surface area contributed by atoms with Gasteiger partial charge in [-0.15, -0.1) is 0 Å². The first-order chi connectivity index (χ1) is 8.08. The Labute approximate surface area is 101 Å². The van der Waals surface area contributed by atoms with Crippen molar-refractivity contribution in [1.82, 2.24) is 10.6 Å². The van der Waals surface area contributed by atoms with Gasteiger partial charge in [-0.05, 0) is 26.0 Å². The Hall–Kier alpha value is -1.91. The average Bonchev–Trinajstić information content (AvgIpc) is 2.23. The lowest BCUT2D eigenvalue weighted by Crippen LogP contribution is -2.41. The maximum Gasteiger partial charge on any atom is 0.315 e. The normalized spacial score (nSPS) is 10.1. The molecule has 4 N–H and O–H groups in total. The number of hydrogen-bond donors (Lipinski definition) is 3. The minimum absolute atomic E-state index is 0.129. The summed E-state index contributed by atoms with van der Waals surface area (Å²) in [7, 11) is 0. The van der Waals surface area contributed by atoms with E-state index >= 15 is 0 Å². The van der Waals surface area contributed by atoms with Crippen molar-refractivity contribution in [2.75, 3.05) is 18.9 Å². The molecule has 0 aromatic heterocycles. The Morgan fingerprint density at radius 3 is 2.88 bits per heavy atom. The lowest BCUT2D eigenvalue weighted by Gasteiger charge is -2.11. The number of carbonyl (C=O) groups is 1. The molecular weight excluding hydrogens is 218 g/mol. The van der Waals surface area contributed by atoms with Gasteiger partial charge in [0.15, 0.2) is 0 Å². The minimum Gasteiger partial charge on any atom is -0.492 e. The molecule has 94 valence electrons. The molecule has 1 rings (SSSR count). The zero-order chi connectivity index (χ0) is 12.7. The van der Waals surface area contributed by atoms with Crippen molar-refractivity contribution < 1.29 is 9.53 Å². The number of amides is 2. The number of carbonyl (C=O) groups excluding carboxylic acids is 1. The third-order valence-corrected chi connectivity index (χ3v) is 1.93. The molecule has 0 spiro atoms. The van der Waals surface area contributed by atoms with E-state index in [9.17, 15) is 4.79 Å². The summed E-state index contributed by atoms with van der Waals surface area (Å²) in [4.78, 5) is 11.2. The van der Waals surface area contributed by atoms with Crippen LogP contribution in [0.3, 0.4) is 0 Å². The minimum atomic E-state index is -0.184. The smallest absolute Gasteiger partial charge is 0.315 e. The molecule has 1 aromatic rings. The van der Waals surface area contributed by atoms with Crippen LogP contribution in [0.5, 0.6) is 5.75 Å². The zero-order valence-electron chi connectivity index (χ0n) is 10.2. The molecule has 0 saturated heterocycles. The first-order valence-corrected chi connectivity index (χ1v) is 5.60. The van der Waals surface area contributed by atoms with Crippen molar-refractivity contribution in [2.45, 2.75) is 19.9 Å². The van der Waals surface area contributed by atoms with Crippen LogP contribution in [-0.4, -0.2) is 25.2 Å². The lowest BCUT2D eigenvalue weighted by atomic mass is 10.3. The van der Waals surface area contributed by atoms with Gasteiger partial charge in [0.2, 0.25) is 0 Å². The maximum atomic E-state index is 11.2. The van der Waals surface area contributed by atoms with E-state index in [2.05, 4.69) is 10.6 Å². The van der Waals surface area contributed by atoms with E-state index in [-0.39, 0.29) is 12.1 Å². The predicted molar refractivity (Wildman–Crippen MR) is 68.0 cm³/mol. The van der Waals surface area contributed by atoms with E-state index < -0.39 is 0 Å². The van der Waals surface area contributed by atoms with Crippen molar-refractivity contribution >= 4 is 11.7 Å². The van der Waals surface area contributed by atoms with E-state index in [0.717, 1.165) is 0 Å². The number of ether oxygens (including phenoxy) is 1. The second-order valence-corrected chi connectivity index (χ2v) is 3.98. The molecule has 2 amide bonds. The molecule has 17 heavy (non-hydrogen) atoms. The maximum absolute atomic E-state index is 11.2. The summed E-state index contributed by atoms with van der Waals surface area (Å²) in [6.45, 7) is 4.67. The molecule has 0 fully saturated rings. The summed E-state index contributed by atoms with van der Waals surface area (Å²) in [6, 6.07) is 7.13. The van der Waals surface area contributed by atoms with Gasteiger partial charge in [-0.3, -0.25) is 0 Å². The van der Waals surface area contributed by atoms with Gasteiger partial charge in [0.25, 0.3) is 0 Å². The highest BCUT2D eigenvalue weighted by Crippen LogP contribution is 2.13. The number of nitrogens with one attached hydrogen (secondary N) is 2. The number of benzene rings is 1. The fraction of sp³-hybridized carbons (Fsp3) is 0.417. The highest BCUT2D eigenvalue weighted by molar-refractivity contribution is 5.74. The molecular formula is C12H19N3O2. The van der Waals surface area contributed by atoms with Crippen LogP contribution in [0.1, 0.15) is 13.8 Å². The second kappa shape index (κ2) is 6.62. The lowest BCUT2D eigenvalue weighted by molar-refractivity contribution is 0.234. The summed E-state index contributed by atoms with van der Waals surface area (Å²) < 4.78 is 5.42. The largest absolute Gasteiger partial charge is 0.492 e. The van der Waals surface area contributed by atoms with Crippen molar-refractivity contribution in [3.63, 3.8) is 0 Å². The Balaban J connectivity index is 2.18. The molecule has 0 aliphatic carbocycles. The van der Waals surface area contributed by atoms with Crippen LogP contribution in [0.25, 0.3) is 0 Å². The van der Waals surface area contributed by atoms with Crippen LogP contribution in [0.4, 0.5) is 10.5 Å². The number of rotatable bonds is 5. The Bertz CT molecular complexity index is 367. The summed E-state index contributed by atoms with van der Waals surface area (Å²) in [6.07, 6.45) is 0. The molecule has 0 heterocycles. The van der Waals surface area contributed by atoms with E-state index in [1.807, 2.05) is 26.0 Å². The van der Waals surface area contributed by atoms with E-state index in [1.165, 1.54) is 0 Å². The molecule has 0 atom stereocenters. The second-order valence-electron chi connectivity index (χ2n) is 3.98. The van der Waals surface area contributed by atoms with Crippen LogP contribution < -0.4 is 21.1 Å². The van der Waals surface area contributed by atoms with Gasteiger partial charge >= 0.3 is 6.03 Å². The van der Waals surface area contributed by atoms with E-state index in [1.54, 1.807) is 12.1 Å². The Morgan fingerprint density at radius 2 is 2.24 bits per heavy atom. The number of nitrogen functional groups attached to an aromatic ring is 1. The van der Waals surface area contributed by atoms with E-state index in [0.29, 0.717) is 24.6 Å². The first kappa shape index (κ1) is 13.2. The molecule has 1 aromatic carbocycles. The van der Waals surface area contributed by atoms with Gasteiger partial charge in [0, 0.05) is 17.8 Å². The monoisotopic (exact) mass is 237 g/mol. The van der Waals surface area contributed by atoms with Crippen LogP contribution in [0.15, 0.2) is 24.3 Å². The fourth-order valence-electron chi connectivity index (χ4n) is 1.25. The number of nitrogens with two attached hydrogens (primary N) is 1. The van der Waals surface area contributed by atoms with Crippen molar-refractivity contribution in [1.29, 1.82) is 0 Å². The van der Waals surface area contributed by atoms with Gasteiger partial charge < -0.3 is 21.1 Å². The molecule has 0 bridgehead atoms. The topological polar surface area (TPSA) is 76.4 Å². The van der Waals surface area contributed by atoms with Crippen molar-refractivity contribution in [3.8, 4) is 5.75 Å². The average molecular weight is 237 g/mol.